The van der Waals surface area contributed by atoms with Gasteiger partial charge in [-0.15, -0.1) is 0 Å². The molecule has 0 bridgehead atoms. The molecule has 2 heterocycles. The zero-order valence-electron chi connectivity index (χ0n) is 10.6. The molecule has 0 aromatic rings. The summed E-state index contributed by atoms with van der Waals surface area (Å²) in [5.41, 5.74) is -0.290. The summed E-state index contributed by atoms with van der Waals surface area (Å²) in [5, 5.41) is 3.35. The Morgan fingerprint density at radius 1 is 1.50 bits per heavy atom. The van der Waals surface area contributed by atoms with Crippen LogP contribution in [0.1, 0.15) is 26.2 Å². The number of nitrogens with zero attached hydrogens (tertiary/aromatic N) is 2. The summed E-state index contributed by atoms with van der Waals surface area (Å²) in [6.45, 7) is 4.83. The second-order valence-corrected chi connectivity index (χ2v) is 5.52. The van der Waals surface area contributed by atoms with Crippen molar-refractivity contribution in [1.82, 2.24) is 15.1 Å². The molecule has 2 saturated heterocycles. The van der Waals surface area contributed by atoms with Gasteiger partial charge in [0, 0.05) is 19.1 Å². The van der Waals surface area contributed by atoms with E-state index < -0.39 is 0 Å². The van der Waals surface area contributed by atoms with Crippen LogP contribution < -0.4 is 5.32 Å². The molecule has 0 aromatic heterocycles. The molecule has 0 aliphatic carbocycles. The highest BCUT2D eigenvalue weighted by Gasteiger charge is 2.41. The Hall–Kier alpha value is -0.610. The predicted octanol–water partition coefficient (Wildman–Crippen LogP) is 0.291. The fourth-order valence-electron chi connectivity index (χ4n) is 2.77. The molecule has 1 N–H and O–H groups in total. The maximum Gasteiger partial charge on any atom is 0.242 e. The lowest BCUT2D eigenvalue weighted by atomic mass is 9.98. The maximum absolute atomic E-state index is 12.4. The fraction of sp³-hybridized carbons (Fsp3) is 0.917. The Kier molecular flexibility index (Phi) is 3.22. The third-order valence-electron chi connectivity index (χ3n) is 4.02. The first-order valence-corrected chi connectivity index (χ1v) is 6.24. The zero-order chi connectivity index (χ0) is 11.8. The molecule has 2 aliphatic rings. The molecule has 0 saturated carbocycles. The van der Waals surface area contributed by atoms with E-state index in [9.17, 15) is 4.79 Å². The van der Waals surface area contributed by atoms with Gasteiger partial charge in [0.2, 0.25) is 5.91 Å². The predicted molar refractivity (Wildman–Crippen MR) is 64.3 cm³/mol. The average Bonchev–Trinajstić information content (AvgIpc) is 2.85. The van der Waals surface area contributed by atoms with Gasteiger partial charge in [0.05, 0.1) is 5.54 Å². The van der Waals surface area contributed by atoms with Crippen LogP contribution in [0.3, 0.4) is 0 Å². The minimum Gasteiger partial charge on any atom is -0.339 e. The number of nitrogens with one attached hydrogen (secondary N) is 1. The van der Waals surface area contributed by atoms with Gasteiger partial charge < -0.3 is 15.1 Å². The highest BCUT2D eigenvalue weighted by atomic mass is 16.2. The van der Waals surface area contributed by atoms with Gasteiger partial charge in [-0.3, -0.25) is 4.79 Å². The van der Waals surface area contributed by atoms with Gasteiger partial charge in [-0.05, 0) is 46.8 Å². The first kappa shape index (κ1) is 11.9. The molecule has 2 aliphatic heterocycles. The Morgan fingerprint density at radius 3 is 2.75 bits per heavy atom. The molecule has 2 rings (SSSR count). The second kappa shape index (κ2) is 4.34. The monoisotopic (exact) mass is 225 g/mol. The first-order valence-electron chi connectivity index (χ1n) is 6.24. The quantitative estimate of drug-likeness (QED) is 0.734. The van der Waals surface area contributed by atoms with Crippen LogP contribution in [0.15, 0.2) is 0 Å². The molecule has 4 heteroatoms. The van der Waals surface area contributed by atoms with Gasteiger partial charge in [0.25, 0.3) is 0 Å². The van der Waals surface area contributed by atoms with E-state index in [1.165, 1.54) is 0 Å². The fourth-order valence-corrected chi connectivity index (χ4v) is 2.77. The number of likely N-dealkylation sites (N-methyl/N-ethyl adjacent to an activating group) is 1. The van der Waals surface area contributed by atoms with Gasteiger partial charge in [0.1, 0.15) is 0 Å². The lowest BCUT2D eigenvalue weighted by molar-refractivity contribution is -0.136. The number of hydrogen-bond acceptors (Lipinski definition) is 3. The Bertz CT molecular complexity index is 271. The standard InChI is InChI=1S/C12H23N3O/c1-12(6-4-7-13-12)11(16)15-8-5-10(9-15)14(2)3/h10,13H,4-9H2,1-3H3. The van der Waals surface area contributed by atoms with Crippen molar-refractivity contribution in [3.8, 4) is 0 Å². The van der Waals surface area contributed by atoms with E-state index in [-0.39, 0.29) is 5.54 Å². The number of amides is 1. The molecule has 2 unspecified atom stereocenters. The minimum atomic E-state index is -0.290. The van der Waals surface area contributed by atoms with Crippen LogP contribution in [0.25, 0.3) is 0 Å². The normalized spacial score (nSPS) is 35.0. The third kappa shape index (κ3) is 2.09. The van der Waals surface area contributed by atoms with Crippen molar-refractivity contribution in [3.63, 3.8) is 0 Å². The molecule has 0 radical (unpaired) electrons. The molecule has 1 amide bonds. The van der Waals surface area contributed by atoms with Crippen LogP contribution in [0.4, 0.5) is 0 Å². The summed E-state index contributed by atoms with van der Waals surface area (Å²) < 4.78 is 0. The van der Waals surface area contributed by atoms with Crippen LogP contribution in [-0.2, 0) is 4.79 Å². The van der Waals surface area contributed by atoms with E-state index >= 15 is 0 Å². The van der Waals surface area contributed by atoms with Gasteiger partial charge in [0.15, 0.2) is 0 Å². The molecule has 92 valence electrons. The number of carbonyl (C=O) groups is 1. The number of likely N-dealkylation sites (tertiary alicyclic amines) is 1. The molecule has 2 atom stereocenters. The number of rotatable bonds is 2. The largest absolute Gasteiger partial charge is 0.339 e. The van der Waals surface area contributed by atoms with E-state index in [1.807, 2.05) is 11.8 Å². The van der Waals surface area contributed by atoms with Crippen molar-refractivity contribution in [2.24, 2.45) is 0 Å². The molecular formula is C12H23N3O. The second-order valence-electron chi connectivity index (χ2n) is 5.52. The summed E-state index contributed by atoms with van der Waals surface area (Å²) in [6, 6.07) is 0.536. The van der Waals surface area contributed by atoms with E-state index in [0.29, 0.717) is 11.9 Å². The molecular weight excluding hydrogens is 202 g/mol. The lowest BCUT2D eigenvalue weighted by Crippen LogP contribution is -2.52. The topological polar surface area (TPSA) is 35.6 Å². The van der Waals surface area contributed by atoms with Crippen LogP contribution in [0.2, 0.25) is 0 Å². The van der Waals surface area contributed by atoms with Crippen LogP contribution in [0, 0.1) is 0 Å². The van der Waals surface area contributed by atoms with Gasteiger partial charge >= 0.3 is 0 Å². The van der Waals surface area contributed by atoms with Crippen molar-refractivity contribution in [1.29, 1.82) is 0 Å². The Balaban J connectivity index is 1.96. The Labute approximate surface area is 98.0 Å². The van der Waals surface area contributed by atoms with Crippen molar-refractivity contribution in [2.45, 2.75) is 37.8 Å². The SMILES string of the molecule is CN(C)C1CCN(C(=O)C2(C)CCCN2)C1. The molecule has 4 nitrogen and oxygen atoms in total. The maximum atomic E-state index is 12.4. The Morgan fingerprint density at radius 2 is 2.25 bits per heavy atom. The third-order valence-corrected chi connectivity index (χ3v) is 4.02. The summed E-state index contributed by atoms with van der Waals surface area (Å²) >= 11 is 0. The van der Waals surface area contributed by atoms with Crippen molar-refractivity contribution in [3.05, 3.63) is 0 Å². The molecule has 0 spiro atoms. The summed E-state index contributed by atoms with van der Waals surface area (Å²) in [4.78, 5) is 16.6. The number of hydrogen-bond donors (Lipinski definition) is 1. The van der Waals surface area contributed by atoms with Crippen molar-refractivity contribution < 1.29 is 4.79 Å². The lowest BCUT2D eigenvalue weighted by Gasteiger charge is -2.29. The molecule has 16 heavy (non-hydrogen) atoms. The van der Waals surface area contributed by atoms with Gasteiger partial charge in [-0.2, -0.15) is 0 Å². The van der Waals surface area contributed by atoms with Crippen LogP contribution >= 0.6 is 0 Å². The van der Waals surface area contributed by atoms with E-state index in [0.717, 1.165) is 38.9 Å². The summed E-state index contributed by atoms with van der Waals surface area (Å²) in [5.74, 6) is 0.300. The van der Waals surface area contributed by atoms with Gasteiger partial charge in [-0.25, -0.2) is 0 Å². The minimum absolute atomic E-state index is 0.290. The molecule has 2 fully saturated rings. The van der Waals surface area contributed by atoms with E-state index in [1.54, 1.807) is 0 Å². The summed E-state index contributed by atoms with van der Waals surface area (Å²) in [6.07, 6.45) is 3.21. The van der Waals surface area contributed by atoms with Crippen LogP contribution in [0.5, 0.6) is 0 Å². The van der Waals surface area contributed by atoms with Crippen LogP contribution in [-0.4, -0.2) is 61.0 Å². The van der Waals surface area contributed by atoms with Gasteiger partial charge in [-0.1, -0.05) is 0 Å². The first-order chi connectivity index (χ1) is 7.53. The summed E-state index contributed by atoms with van der Waals surface area (Å²) in [7, 11) is 4.18. The zero-order valence-corrected chi connectivity index (χ0v) is 10.6. The van der Waals surface area contributed by atoms with Crippen molar-refractivity contribution >= 4 is 5.91 Å². The number of carbonyl (C=O) groups excluding carboxylic acids is 1. The highest BCUT2D eigenvalue weighted by Crippen LogP contribution is 2.24. The smallest absolute Gasteiger partial charge is 0.242 e. The molecule has 0 aromatic carbocycles. The van der Waals surface area contributed by atoms with E-state index in [2.05, 4.69) is 24.3 Å². The van der Waals surface area contributed by atoms with E-state index in [4.69, 9.17) is 0 Å². The van der Waals surface area contributed by atoms with Crippen molar-refractivity contribution in [2.75, 3.05) is 33.7 Å². The average molecular weight is 225 g/mol. The highest BCUT2D eigenvalue weighted by molar-refractivity contribution is 5.86.